The topological polar surface area (TPSA) is 89.6 Å². The maximum absolute atomic E-state index is 12.8. The van der Waals surface area contributed by atoms with Crippen molar-refractivity contribution in [2.75, 3.05) is 27.2 Å². The number of nitrogens with one attached hydrogen (secondary N) is 1. The van der Waals surface area contributed by atoms with Crippen molar-refractivity contribution in [1.82, 2.24) is 23.5 Å². The Labute approximate surface area is 175 Å². The molecule has 2 aliphatic rings. The van der Waals surface area contributed by atoms with Gasteiger partial charge in [0.05, 0.1) is 17.3 Å². The minimum absolute atomic E-state index is 0.147. The number of rotatable bonds is 5. The smallest absolute Gasteiger partial charge is 0.282 e. The van der Waals surface area contributed by atoms with Gasteiger partial charge in [-0.1, -0.05) is 0 Å². The molecule has 1 unspecified atom stereocenters. The average molecular weight is 438 g/mol. The van der Waals surface area contributed by atoms with Crippen LogP contribution in [0.4, 0.5) is 0 Å². The van der Waals surface area contributed by atoms with Gasteiger partial charge in [-0.15, -0.1) is 11.3 Å². The monoisotopic (exact) mass is 437 g/mol. The Morgan fingerprint density at radius 1 is 1.34 bits per heavy atom. The summed E-state index contributed by atoms with van der Waals surface area (Å²) < 4.78 is 27.9. The molecule has 0 spiro atoms. The van der Waals surface area contributed by atoms with Crippen LogP contribution < -0.4 is 5.56 Å². The van der Waals surface area contributed by atoms with Gasteiger partial charge in [0.25, 0.3) is 15.8 Å². The predicted octanol–water partition coefficient (Wildman–Crippen LogP) is 1.64. The molecule has 1 saturated heterocycles. The van der Waals surface area contributed by atoms with E-state index in [2.05, 4.69) is 28.3 Å². The van der Waals surface area contributed by atoms with E-state index in [9.17, 15) is 13.2 Å². The lowest BCUT2D eigenvalue weighted by Crippen LogP contribution is -2.41. The first-order valence-electron chi connectivity index (χ1n) is 9.84. The van der Waals surface area contributed by atoms with Gasteiger partial charge in [0.1, 0.15) is 5.82 Å². The normalized spacial score (nSPS) is 21.0. The molecule has 4 heterocycles. The number of hydrogen-bond acceptors (Lipinski definition) is 6. The maximum Gasteiger partial charge on any atom is 0.282 e. The van der Waals surface area contributed by atoms with Gasteiger partial charge >= 0.3 is 0 Å². The molecule has 8 nitrogen and oxygen atoms in total. The number of aromatic nitrogens is 2. The molecule has 2 aliphatic heterocycles. The Hall–Kier alpha value is -1.59. The van der Waals surface area contributed by atoms with E-state index in [1.54, 1.807) is 11.3 Å². The molecule has 0 aromatic carbocycles. The quantitative estimate of drug-likeness (QED) is 0.768. The van der Waals surface area contributed by atoms with Crippen molar-refractivity contribution in [3.8, 4) is 0 Å². The van der Waals surface area contributed by atoms with Gasteiger partial charge in [-0.25, -0.2) is 4.98 Å². The first kappa shape index (κ1) is 20.7. The van der Waals surface area contributed by atoms with E-state index in [1.807, 2.05) is 0 Å². The van der Waals surface area contributed by atoms with Crippen molar-refractivity contribution >= 4 is 21.5 Å². The fourth-order valence-corrected chi connectivity index (χ4v) is 6.32. The standard InChI is InChI=1S/C19H27N5O3S2/c1-13-7-10-28-17(13)12-23-9-6-15-14(11-23)19(25)21-18(20-15)16-5-4-8-24(16)29(26,27)22(2)3/h7,10,16H,4-6,8-9,11-12H2,1-3H3,(H,20,21,25). The number of thiophene rings is 1. The minimum atomic E-state index is -3.55. The molecule has 0 amide bonds. The molecule has 0 saturated carbocycles. The molecular weight excluding hydrogens is 410 g/mol. The molecule has 10 heteroatoms. The number of aryl methyl sites for hydroxylation is 1. The van der Waals surface area contributed by atoms with Crippen LogP contribution >= 0.6 is 11.3 Å². The van der Waals surface area contributed by atoms with E-state index in [-0.39, 0.29) is 5.56 Å². The Morgan fingerprint density at radius 2 is 2.14 bits per heavy atom. The summed E-state index contributed by atoms with van der Waals surface area (Å²) in [6, 6.07) is 1.71. The molecule has 4 rings (SSSR count). The van der Waals surface area contributed by atoms with E-state index in [0.29, 0.717) is 37.3 Å². The van der Waals surface area contributed by atoms with Crippen molar-refractivity contribution in [1.29, 1.82) is 0 Å². The second kappa shape index (κ2) is 7.92. The number of H-pyrrole nitrogens is 1. The van der Waals surface area contributed by atoms with E-state index in [1.165, 1.54) is 33.1 Å². The first-order valence-corrected chi connectivity index (χ1v) is 12.1. The Bertz CT molecular complexity index is 1060. The SMILES string of the molecule is Cc1ccsc1CN1CCc2nc(C3CCCN3S(=O)(=O)N(C)C)[nH]c(=O)c2C1. The molecule has 0 aliphatic carbocycles. The van der Waals surface area contributed by atoms with Gasteiger partial charge in [0.15, 0.2) is 0 Å². The number of fused-ring (bicyclic) bond motifs is 1. The van der Waals surface area contributed by atoms with Crippen molar-refractivity contribution < 1.29 is 8.42 Å². The summed E-state index contributed by atoms with van der Waals surface area (Å²) >= 11 is 1.74. The maximum atomic E-state index is 12.8. The van der Waals surface area contributed by atoms with Crippen LogP contribution in [0.3, 0.4) is 0 Å². The summed E-state index contributed by atoms with van der Waals surface area (Å²) in [6.07, 6.45) is 2.12. The zero-order valence-electron chi connectivity index (χ0n) is 17.0. The number of nitrogens with zero attached hydrogens (tertiary/aromatic N) is 4. The van der Waals surface area contributed by atoms with Crippen LogP contribution in [0.25, 0.3) is 0 Å². The Balaban J connectivity index is 1.58. The highest BCUT2D eigenvalue weighted by molar-refractivity contribution is 7.86. The second-order valence-corrected chi connectivity index (χ2v) is 11.0. The molecule has 158 valence electrons. The van der Waals surface area contributed by atoms with Gasteiger partial charge in [-0.05, 0) is 36.8 Å². The zero-order valence-corrected chi connectivity index (χ0v) is 18.6. The molecular formula is C19H27N5O3S2. The summed E-state index contributed by atoms with van der Waals surface area (Å²) in [4.78, 5) is 24.1. The van der Waals surface area contributed by atoms with Gasteiger partial charge in [-0.2, -0.15) is 17.0 Å². The molecule has 0 bridgehead atoms. The van der Waals surface area contributed by atoms with Crippen LogP contribution in [-0.4, -0.2) is 59.1 Å². The van der Waals surface area contributed by atoms with Gasteiger partial charge < -0.3 is 4.98 Å². The third-order valence-electron chi connectivity index (χ3n) is 5.78. The van der Waals surface area contributed by atoms with Crippen molar-refractivity contribution in [3.63, 3.8) is 0 Å². The summed E-state index contributed by atoms with van der Waals surface area (Å²) in [5, 5.41) is 2.10. The molecule has 2 aromatic heterocycles. The highest BCUT2D eigenvalue weighted by atomic mass is 32.2. The Kier molecular flexibility index (Phi) is 5.64. The third kappa shape index (κ3) is 3.91. The summed E-state index contributed by atoms with van der Waals surface area (Å²) in [7, 11) is -0.502. The van der Waals surface area contributed by atoms with Crippen LogP contribution in [0.2, 0.25) is 0 Å². The summed E-state index contributed by atoms with van der Waals surface area (Å²) in [5.41, 5.74) is 2.64. The van der Waals surface area contributed by atoms with Crippen LogP contribution in [0, 0.1) is 6.92 Å². The van der Waals surface area contributed by atoms with E-state index in [4.69, 9.17) is 4.98 Å². The van der Waals surface area contributed by atoms with Gasteiger partial charge in [0.2, 0.25) is 0 Å². The molecule has 1 atom stereocenters. The van der Waals surface area contributed by atoms with Crippen molar-refractivity contribution in [2.45, 2.75) is 45.3 Å². The molecule has 1 fully saturated rings. The van der Waals surface area contributed by atoms with Gasteiger partial charge in [0, 0.05) is 51.6 Å². The fraction of sp³-hybridized carbons (Fsp3) is 0.579. The third-order valence-corrected chi connectivity index (χ3v) is 8.74. The van der Waals surface area contributed by atoms with Crippen molar-refractivity contribution in [2.24, 2.45) is 0 Å². The van der Waals surface area contributed by atoms with Crippen LogP contribution in [-0.2, 0) is 29.7 Å². The van der Waals surface area contributed by atoms with Gasteiger partial charge in [-0.3, -0.25) is 9.69 Å². The van der Waals surface area contributed by atoms with Crippen LogP contribution in [0.15, 0.2) is 16.2 Å². The first-order chi connectivity index (χ1) is 13.8. The van der Waals surface area contributed by atoms with E-state index >= 15 is 0 Å². The van der Waals surface area contributed by atoms with Crippen LogP contribution in [0.1, 0.15) is 46.4 Å². The highest BCUT2D eigenvalue weighted by Gasteiger charge is 2.38. The van der Waals surface area contributed by atoms with E-state index < -0.39 is 16.3 Å². The lowest BCUT2D eigenvalue weighted by molar-refractivity contribution is 0.242. The lowest BCUT2D eigenvalue weighted by atomic mass is 10.1. The van der Waals surface area contributed by atoms with E-state index in [0.717, 1.165) is 25.2 Å². The minimum Gasteiger partial charge on any atom is -0.309 e. The number of hydrogen-bond donors (Lipinski definition) is 1. The fourth-order valence-electron chi connectivity index (χ4n) is 4.06. The molecule has 29 heavy (non-hydrogen) atoms. The molecule has 0 radical (unpaired) electrons. The molecule has 2 aromatic rings. The zero-order chi connectivity index (χ0) is 20.8. The summed E-state index contributed by atoms with van der Waals surface area (Å²) in [5.74, 6) is 0.472. The predicted molar refractivity (Wildman–Crippen MR) is 113 cm³/mol. The van der Waals surface area contributed by atoms with Crippen molar-refractivity contribution in [3.05, 3.63) is 49.3 Å². The largest absolute Gasteiger partial charge is 0.309 e. The second-order valence-electron chi connectivity index (χ2n) is 7.92. The average Bonchev–Trinajstić information content (AvgIpc) is 3.32. The Morgan fingerprint density at radius 3 is 2.83 bits per heavy atom. The summed E-state index contributed by atoms with van der Waals surface area (Å²) in [6.45, 7) is 4.80. The lowest BCUT2D eigenvalue weighted by Gasteiger charge is -2.29. The molecule has 1 N–H and O–H groups in total. The number of aromatic amines is 1. The highest BCUT2D eigenvalue weighted by Crippen LogP contribution is 2.33. The van der Waals surface area contributed by atoms with Crippen LogP contribution in [0.5, 0.6) is 0 Å².